The SMILES string of the molecule is O=C(O)N1CCN(C(=O)C[As](C2CCCCC2)C2(Cc3cccc(Cl)c3)C(=O)Nc3cc(Cl)ccc32)CC1. The van der Waals surface area contributed by atoms with E-state index in [-0.39, 0.29) is 11.8 Å². The molecule has 2 N–H and O–H groups in total. The van der Waals surface area contributed by atoms with Crippen LogP contribution in [0.1, 0.15) is 43.2 Å². The molecule has 1 saturated heterocycles. The predicted octanol–water partition coefficient (Wildman–Crippen LogP) is 5.62. The zero-order valence-electron chi connectivity index (χ0n) is 21.2. The minimum atomic E-state index is -2.28. The van der Waals surface area contributed by atoms with Gasteiger partial charge in [-0.15, -0.1) is 0 Å². The van der Waals surface area contributed by atoms with E-state index in [0.717, 1.165) is 42.5 Å². The molecule has 2 aliphatic heterocycles. The van der Waals surface area contributed by atoms with E-state index in [1.807, 2.05) is 42.5 Å². The monoisotopic (exact) mass is 619 g/mol. The molecule has 2 aromatic rings. The maximum absolute atomic E-state index is 14.2. The van der Waals surface area contributed by atoms with Crippen LogP contribution in [0.15, 0.2) is 42.5 Å². The van der Waals surface area contributed by atoms with Crippen molar-refractivity contribution in [3.05, 3.63) is 63.6 Å². The van der Waals surface area contributed by atoms with Crippen LogP contribution in [-0.2, 0) is 20.2 Å². The van der Waals surface area contributed by atoms with E-state index in [0.29, 0.717) is 52.6 Å². The van der Waals surface area contributed by atoms with Gasteiger partial charge in [-0.25, -0.2) is 0 Å². The first kappa shape index (κ1) is 27.4. The number of benzene rings is 2. The van der Waals surface area contributed by atoms with Gasteiger partial charge in [0.15, 0.2) is 0 Å². The average Bonchev–Trinajstić information content (AvgIpc) is 3.18. The van der Waals surface area contributed by atoms with Gasteiger partial charge in [-0.3, -0.25) is 0 Å². The second-order valence-corrected chi connectivity index (χ2v) is 17.0. The second kappa shape index (κ2) is 11.5. The minimum absolute atomic E-state index is 0.0381. The van der Waals surface area contributed by atoms with E-state index in [2.05, 4.69) is 5.32 Å². The Morgan fingerprint density at radius 2 is 1.66 bits per heavy atom. The molecule has 1 aliphatic carbocycles. The number of nitrogens with zero attached hydrogens (tertiary/aromatic N) is 2. The summed E-state index contributed by atoms with van der Waals surface area (Å²) in [6.07, 6.45) is 5.02. The van der Waals surface area contributed by atoms with Crippen LogP contribution >= 0.6 is 23.2 Å². The summed E-state index contributed by atoms with van der Waals surface area (Å²) in [7, 11) is 0. The number of fused-ring (bicyclic) bond motifs is 1. The third kappa shape index (κ3) is 5.43. The third-order valence-electron chi connectivity index (χ3n) is 8.11. The number of amides is 3. The fourth-order valence-corrected chi connectivity index (χ4v) is 14.6. The van der Waals surface area contributed by atoms with E-state index in [1.165, 1.54) is 11.3 Å². The van der Waals surface area contributed by atoms with Crippen molar-refractivity contribution in [1.82, 2.24) is 9.80 Å². The number of piperazine rings is 1. The quantitative estimate of drug-likeness (QED) is 0.411. The first-order valence-electron chi connectivity index (χ1n) is 13.2. The zero-order valence-corrected chi connectivity index (χ0v) is 24.6. The summed E-state index contributed by atoms with van der Waals surface area (Å²) in [5.74, 6) is 0.00473. The molecule has 2 atom stereocenters. The van der Waals surface area contributed by atoms with E-state index in [1.54, 1.807) is 4.90 Å². The molecular weight excluding hydrogens is 588 g/mol. The van der Waals surface area contributed by atoms with E-state index < -0.39 is 24.9 Å². The zero-order chi connectivity index (χ0) is 26.9. The number of rotatable bonds is 6. The number of halogens is 2. The van der Waals surface area contributed by atoms with Crippen molar-refractivity contribution in [2.24, 2.45) is 0 Å². The Morgan fingerprint density at radius 3 is 2.34 bits per heavy atom. The Kier molecular flexibility index (Phi) is 8.27. The topological polar surface area (TPSA) is 90.0 Å². The fraction of sp³-hybridized carbons (Fsp3) is 0.464. The summed E-state index contributed by atoms with van der Waals surface area (Å²) in [6, 6.07) is 13.3. The number of hydrogen-bond donors (Lipinski definition) is 2. The first-order chi connectivity index (χ1) is 18.3. The van der Waals surface area contributed by atoms with Crippen molar-refractivity contribution >= 4 is 61.4 Å². The van der Waals surface area contributed by atoms with Crippen LogP contribution in [0, 0.1) is 0 Å². The normalized spacial score (nSPS) is 22.6. The van der Waals surface area contributed by atoms with Gasteiger partial charge in [-0.2, -0.15) is 0 Å². The molecule has 3 aliphatic rings. The molecule has 0 spiro atoms. The number of nitrogens with one attached hydrogen (secondary N) is 1. The molecule has 1 saturated carbocycles. The van der Waals surface area contributed by atoms with Gasteiger partial charge in [0.1, 0.15) is 0 Å². The summed E-state index contributed by atoms with van der Waals surface area (Å²) >= 11 is 10.4. The number of carboxylic acid groups (broad SMARTS) is 1. The van der Waals surface area contributed by atoms with Crippen molar-refractivity contribution in [3.8, 4) is 0 Å². The van der Waals surface area contributed by atoms with Crippen LogP contribution in [0.2, 0.25) is 20.0 Å². The molecule has 0 radical (unpaired) electrons. The molecule has 0 bridgehead atoms. The van der Waals surface area contributed by atoms with Crippen molar-refractivity contribution in [2.45, 2.75) is 52.6 Å². The molecule has 38 heavy (non-hydrogen) atoms. The van der Waals surface area contributed by atoms with Gasteiger partial charge in [-0.05, 0) is 0 Å². The van der Waals surface area contributed by atoms with Crippen molar-refractivity contribution in [3.63, 3.8) is 0 Å². The average molecular weight is 620 g/mol. The summed E-state index contributed by atoms with van der Waals surface area (Å²) in [6.45, 7) is 1.40. The van der Waals surface area contributed by atoms with Gasteiger partial charge in [0.25, 0.3) is 0 Å². The molecule has 0 aromatic heterocycles. The Bertz CT molecular complexity index is 1230. The van der Waals surface area contributed by atoms with Crippen LogP contribution < -0.4 is 5.32 Å². The molecule has 10 heteroatoms. The summed E-state index contributed by atoms with van der Waals surface area (Å²) in [5.41, 5.74) is 2.66. The standard InChI is InChI=1S/C28H32AsCl2N3O4/c30-21-8-4-5-19(15-21)17-28(23-10-9-22(31)16-24(23)32-26(28)36)29(20-6-2-1-3-7-20)18-25(35)33-11-13-34(14-12-33)27(37)38/h4-5,8-10,15-16,20H,1-3,6-7,11-14,17-18H2,(H,32,36)(H,37,38). The fourth-order valence-electron chi connectivity index (χ4n) is 6.19. The van der Waals surface area contributed by atoms with Gasteiger partial charge in [-0.1, -0.05) is 0 Å². The van der Waals surface area contributed by atoms with Crippen LogP contribution in [-0.4, -0.2) is 73.6 Å². The van der Waals surface area contributed by atoms with Crippen LogP contribution in [0.4, 0.5) is 10.5 Å². The molecule has 2 heterocycles. The molecule has 2 aromatic carbocycles. The van der Waals surface area contributed by atoms with Crippen LogP contribution in [0.3, 0.4) is 0 Å². The van der Waals surface area contributed by atoms with Gasteiger partial charge < -0.3 is 0 Å². The molecule has 5 rings (SSSR count). The Morgan fingerprint density at radius 1 is 0.974 bits per heavy atom. The van der Waals surface area contributed by atoms with Crippen molar-refractivity contribution in [1.29, 1.82) is 0 Å². The van der Waals surface area contributed by atoms with E-state index in [9.17, 15) is 19.5 Å². The first-order valence-corrected chi connectivity index (χ1v) is 17.3. The number of carbonyl (C=O) groups is 3. The Labute approximate surface area is 237 Å². The number of carbonyl (C=O) groups excluding carboxylic acids is 2. The Balaban J connectivity index is 1.55. The molecule has 202 valence electrons. The number of anilines is 1. The van der Waals surface area contributed by atoms with Gasteiger partial charge in [0.05, 0.1) is 0 Å². The van der Waals surface area contributed by atoms with Crippen molar-refractivity contribution in [2.75, 3.05) is 31.5 Å². The summed E-state index contributed by atoms with van der Waals surface area (Å²) in [5, 5.41) is 14.0. The Hall–Kier alpha value is -2.21. The second-order valence-electron chi connectivity index (χ2n) is 10.4. The van der Waals surface area contributed by atoms with Gasteiger partial charge in [0, 0.05) is 0 Å². The van der Waals surface area contributed by atoms with E-state index >= 15 is 0 Å². The molecule has 3 amide bonds. The van der Waals surface area contributed by atoms with Crippen molar-refractivity contribution < 1.29 is 19.5 Å². The van der Waals surface area contributed by atoms with Gasteiger partial charge >= 0.3 is 239 Å². The molecule has 2 unspecified atom stereocenters. The van der Waals surface area contributed by atoms with E-state index in [4.69, 9.17) is 23.2 Å². The van der Waals surface area contributed by atoms with Gasteiger partial charge in [0.2, 0.25) is 0 Å². The predicted molar refractivity (Wildman–Crippen MR) is 150 cm³/mol. The summed E-state index contributed by atoms with van der Waals surface area (Å²) < 4.78 is -0.454. The molecule has 2 fully saturated rings. The van der Waals surface area contributed by atoms with Crippen LogP contribution in [0.25, 0.3) is 0 Å². The number of hydrogen-bond acceptors (Lipinski definition) is 3. The van der Waals surface area contributed by atoms with Crippen LogP contribution in [0.5, 0.6) is 0 Å². The maximum atomic E-state index is 14.2. The molecular formula is C28H32AsCl2N3O4. The summed E-state index contributed by atoms with van der Waals surface area (Å²) in [4.78, 5) is 42.5. The molecule has 7 nitrogen and oxygen atoms in total. The third-order valence-corrected chi connectivity index (χ3v) is 16.1.